The predicted molar refractivity (Wildman–Crippen MR) is 58.0 cm³/mol. The van der Waals surface area contributed by atoms with E-state index in [2.05, 4.69) is 0 Å². The fraction of sp³-hybridized carbons (Fsp3) is 0.300. The average Bonchev–Trinajstić information content (AvgIpc) is 2.17. The number of aromatic carboxylic acids is 1. The quantitative estimate of drug-likeness (QED) is 0.776. The van der Waals surface area contributed by atoms with Crippen molar-refractivity contribution in [1.82, 2.24) is 0 Å². The zero-order valence-corrected chi connectivity index (χ0v) is 9.27. The lowest BCUT2D eigenvalue weighted by atomic mass is 10.1. The van der Waals surface area contributed by atoms with E-state index in [1.54, 1.807) is 0 Å². The van der Waals surface area contributed by atoms with Crippen LogP contribution in [0.1, 0.15) is 15.9 Å². The van der Waals surface area contributed by atoms with Gasteiger partial charge in [0.05, 0.1) is 23.7 Å². The van der Waals surface area contributed by atoms with Gasteiger partial charge in [-0.2, -0.15) is 0 Å². The number of aliphatic hydroxyl groups is 1. The third kappa shape index (κ3) is 3.63. The Morgan fingerprint density at radius 1 is 1.19 bits per heavy atom. The number of sulfone groups is 1. The summed E-state index contributed by atoms with van der Waals surface area (Å²) in [5, 5.41) is 17.2. The highest BCUT2D eigenvalue weighted by molar-refractivity contribution is 7.90. The van der Waals surface area contributed by atoms with Gasteiger partial charge in [0, 0.05) is 0 Å². The SMILES string of the molecule is O=C(O)c1ccc(CS(=O)(=O)CCO)cc1. The van der Waals surface area contributed by atoms with Crippen molar-refractivity contribution < 1.29 is 23.4 Å². The monoisotopic (exact) mass is 244 g/mol. The maximum atomic E-state index is 11.3. The van der Waals surface area contributed by atoms with E-state index >= 15 is 0 Å². The number of benzene rings is 1. The van der Waals surface area contributed by atoms with Crippen LogP contribution in [-0.2, 0) is 15.6 Å². The molecular formula is C10H12O5S. The van der Waals surface area contributed by atoms with Gasteiger partial charge in [0.1, 0.15) is 0 Å². The smallest absolute Gasteiger partial charge is 0.335 e. The number of carboxylic acid groups (broad SMARTS) is 1. The zero-order valence-electron chi connectivity index (χ0n) is 8.46. The number of carboxylic acids is 1. The molecule has 0 spiro atoms. The Kier molecular flexibility index (Phi) is 4.03. The van der Waals surface area contributed by atoms with E-state index in [4.69, 9.17) is 10.2 Å². The minimum atomic E-state index is -3.32. The molecule has 1 aromatic carbocycles. The molecule has 0 radical (unpaired) electrons. The molecule has 2 N–H and O–H groups in total. The van der Waals surface area contributed by atoms with Gasteiger partial charge in [0.2, 0.25) is 0 Å². The molecule has 0 unspecified atom stereocenters. The maximum Gasteiger partial charge on any atom is 0.335 e. The van der Waals surface area contributed by atoms with Crippen molar-refractivity contribution in [2.75, 3.05) is 12.4 Å². The lowest BCUT2D eigenvalue weighted by Crippen LogP contribution is -2.12. The molecule has 0 amide bonds. The van der Waals surface area contributed by atoms with Crippen molar-refractivity contribution in [2.45, 2.75) is 5.75 Å². The lowest BCUT2D eigenvalue weighted by molar-refractivity contribution is 0.0697. The highest BCUT2D eigenvalue weighted by atomic mass is 32.2. The van der Waals surface area contributed by atoms with Gasteiger partial charge in [-0.3, -0.25) is 0 Å². The Hall–Kier alpha value is -1.40. The lowest BCUT2D eigenvalue weighted by Gasteiger charge is -2.03. The Morgan fingerprint density at radius 3 is 2.19 bits per heavy atom. The van der Waals surface area contributed by atoms with Gasteiger partial charge in [0.25, 0.3) is 0 Å². The third-order valence-electron chi connectivity index (χ3n) is 1.99. The van der Waals surface area contributed by atoms with Crippen LogP contribution < -0.4 is 0 Å². The summed E-state index contributed by atoms with van der Waals surface area (Å²) in [5.74, 6) is -1.52. The van der Waals surface area contributed by atoms with Crippen LogP contribution in [-0.4, -0.2) is 37.0 Å². The van der Waals surface area contributed by atoms with Crippen LogP contribution in [0.3, 0.4) is 0 Å². The molecule has 0 atom stereocenters. The molecule has 5 nitrogen and oxygen atoms in total. The molecule has 16 heavy (non-hydrogen) atoms. The van der Waals surface area contributed by atoms with Gasteiger partial charge in [-0.1, -0.05) is 12.1 Å². The van der Waals surface area contributed by atoms with Gasteiger partial charge in [0.15, 0.2) is 9.84 Å². The third-order valence-corrected chi connectivity index (χ3v) is 3.57. The second-order valence-electron chi connectivity index (χ2n) is 3.32. The Labute approximate surface area is 93.3 Å². The number of hydrogen-bond acceptors (Lipinski definition) is 4. The first-order valence-corrected chi connectivity index (χ1v) is 6.40. The summed E-state index contributed by atoms with van der Waals surface area (Å²) in [5.41, 5.74) is 0.627. The molecule has 1 aromatic rings. The largest absolute Gasteiger partial charge is 0.478 e. The van der Waals surface area contributed by atoms with Gasteiger partial charge in [-0.05, 0) is 17.7 Å². The Bertz CT molecular complexity index is 460. The molecule has 0 aromatic heterocycles. The summed E-state index contributed by atoms with van der Waals surface area (Å²) in [6, 6.07) is 5.62. The molecule has 0 bridgehead atoms. The van der Waals surface area contributed by atoms with Crippen LogP contribution >= 0.6 is 0 Å². The molecule has 0 aliphatic rings. The molecule has 0 saturated heterocycles. The summed E-state index contributed by atoms with van der Waals surface area (Å²) in [6.45, 7) is -0.407. The second-order valence-corrected chi connectivity index (χ2v) is 5.50. The summed E-state index contributed by atoms with van der Waals surface area (Å²) in [6.07, 6.45) is 0. The van der Waals surface area contributed by atoms with Crippen molar-refractivity contribution >= 4 is 15.8 Å². The molecule has 0 aliphatic heterocycles. The maximum absolute atomic E-state index is 11.3. The first kappa shape index (κ1) is 12.7. The van der Waals surface area contributed by atoms with E-state index in [0.29, 0.717) is 5.56 Å². The normalized spacial score (nSPS) is 11.3. The van der Waals surface area contributed by atoms with Crippen molar-refractivity contribution in [2.24, 2.45) is 0 Å². The second kappa shape index (κ2) is 5.09. The van der Waals surface area contributed by atoms with Crippen LogP contribution in [0.15, 0.2) is 24.3 Å². The van der Waals surface area contributed by atoms with Gasteiger partial charge >= 0.3 is 5.97 Å². The van der Waals surface area contributed by atoms with E-state index < -0.39 is 22.4 Å². The average molecular weight is 244 g/mol. The fourth-order valence-corrected chi connectivity index (χ4v) is 2.33. The van der Waals surface area contributed by atoms with Gasteiger partial charge in [-0.15, -0.1) is 0 Å². The van der Waals surface area contributed by atoms with E-state index in [1.807, 2.05) is 0 Å². The Balaban J connectivity index is 2.80. The van der Waals surface area contributed by atoms with Crippen molar-refractivity contribution in [3.8, 4) is 0 Å². The highest BCUT2D eigenvalue weighted by Gasteiger charge is 2.11. The molecule has 88 valence electrons. The molecule has 0 heterocycles. The van der Waals surface area contributed by atoms with Crippen molar-refractivity contribution in [1.29, 1.82) is 0 Å². The summed E-state index contributed by atoms with van der Waals surface area (Å²) in [4.78, 5) is 10.5. The number of rotatable bonds is 5. The number of carbonyl (C=O) groups is 1. The standard InChI is InChI=1S/C10H12O5S/c11-5-6-16(14,15)7-8-1-3-9(4-2-8)10(12)13/h1-4,11H,5-7H2,(H,12,13). The molecule has 1 rings (SSSR count). The summed E-state index contributed by atoms with van der Waals surface area (Å²) in [7, 11) is -3.32. The zero-order chi connectivity index (χ0) is 12.2. The molecule has 0 saturated carbocycles. The van der Waals surface area contributed by atoms with Crippen LogP contribution in [0, 0.1) is 0 Å². The van der Waals surface area contributed by atoms with Crippen molar-refractivity contribution in [3.63, 3.8) is 0 Å². The fourth-order valence-electron chi connectivity index (χ4n) is 1.21. The molecule has 0 fully saturated rings. The van der Waals surface area contributed by atoms with E-state index in [-0.39, 0.29) is 17.1 Å². The van der Waals surface area contributed by atoms with Crippen LogP contribution in [0.4, 0.5) is 0 Å². The van der Waals surface area contributed by atoms with Crippen LogP contribution in [0.25, 0.3) is 0 Å². The topological polar surface area (TPSA) is 91.7 Å². The predicted octanol–water partition coefficient (Wildman–Crippen LogP) is 0.292. The number of hydrogen-bond donors (Lipinski definition) is 2. The summed E-state index contributed by atoms with van der Waals surface area (Å²) < 4.78 is 22.7. The van der Waals surface area contributed by atoms with Crippen LogP contribution in [0.2, 0.25) is 0 Å². The first-order chi connectivity index (χ1) is 7.44. The Morgan fingerprint density at radius 2 is 1.75 bits per heavy atom. The minimum absolute atomic E-state index is 0.114. The van der Waals surface area contributed by atoms with E-state index in [0.717, 1.165) is 0 Å². The van der Waals surface area contributed by atoms with E-state index in [1.165, 1.54) is 24.3 Å². The summed E-state index contributed by atoms with van der Waals surface area (Å²) >= 11 is 0. The number of aliphatic hydroxyl groups excluding tert-OH is 1. The first-order valence-electron chi connectivity index (χ1n) is 4.58. The molecule has 6 heteroatoms. The van der Waals surface area contributed by atoms with Crippen molar-refractivity contribution in [3.05, 3.63) is 35.4 Å². The molecule has 0 aliphatic carbocycles. The van der Waals surface area contributed by atoms with E-state index in [9.17, 15) is 13.2 Å². The minimum Gasteiger partial charge on any atom is -0.478 e. The van der Waals surface area contributed by atoms with Gasteiger partial charge in [-0.25, -0.2) is 13.2 Å². The molecular weight excluding hydrogens is 232 g/mol. The van der Waals surface area contributed by atoms with Gasteiger partial charge < -0.3 is 10.2 Å². The van der Waals surface area contributed by atoms with Crippen LogP contribution in [0.5, 0.6) is 0 Å². The highest BCUT2D eigenvalue weighted by Crippen LogP contribution is 2.09.